The van der Waals surface area contributed by atoms with E-state index in [1.54, 1.807) is 24.7 Å². The number of H-pyrrole nitrogens is 2. The van der Waals surface area contributed by atoms with Gasteiger partial charge in [0.1, 0.15) is 5.69 Å². The second-order valence-electron chi connectivity index (χ2n) is 8.70. The monoisotopic (exact) mass is 511 g/mol. The maximum atomic E-state index is 13.7. The van der Waals surface area contributed by atoms with Gasteiger partial charge in [-0.3, -0.25) is 14.9 Å². The van der Waals surface area contributed by atoms with E-state index in [2.05, 4.69) is 37.4 Å². The fourth-order valence-corrected chi connectivity index (χ4v) is 5.03. The average Bonchev–Trinajstić information content (AvgIpc) is 3.64. The van der Waals surface area contributed by atoms with Crippen LogP contribution in [0, 0.1) is 5.13 Å². The summed E-state index contributed by atoms with van der Waals surface area (Å²) in [6.07, 6.45) is 7.39. The van der Waals surface area contributed by atoms with E-state index >= 15 is 0 Å². The number of unbranched alkanes of at least 4 members (excludes halogenated alkanes) is 1. The molecule has 3 N–H and O–H groups in total. The summed E-state index contributed by atoms with van der Waals surface area (Å²) < 4.78 is 13.7. The molecule has 37 heavy (non-hydrogen) atoms. The van der Waals surface area contributed by atoms with Gasteiger partial charge in [-0.1, -0.05) is 25.5 Å². The maximum absolute atomic E-state index is 13.7. The third-order valence-corrected chi connectivity index (χ3v) is 7.01. The van der Waals surface area contributed by atoms with Crippen LogP contribution in [0.25, 0.3) is 55.2 Å². The van der Waals surface area contributed by atoms with E-state index < -0.39 is 0 Å². The fraction of sp³-hybridized carbons (Fsp3) is 0.148. The van der Waals surface area contributed by atoms with Crippen molar-refractivity contribution < 1.29 is 9.18 Å². The summed E-state index contributed by atoms with van der Waals surface area (Å²) in [5.74, 6) is 0.556. The van der Waals surface area contributed by atoms with Crippen molar-refractivity contribution in [2.24, 2.45) is 0 Å². The molecule has 0 aliphatic rings. The minimum Gasteiger partial charge on any atom is -0.337 e. The molecule has 0 aliphatic carbocycles. The standard InChI is InChI=1S/C27H22FN7OS/c1-2-3-7-23(36)31-17-10-15(12-29-14-17)16-11-19-25(34-35-26(19)30-13-16)27-32-20-6-4-5-18(24(20)33-27)21-8-9-22(28)37-21/h4-6,8-14H,2-3,7H2,1H3,(H,31,36)(H,32,33)(H,30,34,35). The Balaban J connectivity index is 1.37. The van der Waals surface area contributed by atoms with Gasteiger partial charge in [0.25, 0.3) is 0 Å². The SMILES string of the molecule is CCCCC(=O)Nc1cncc(-c2cnc3[nH]nc(-c4nc5c(-c6ccc(F)s6)cccc5[nH]4)c3c2)c1. The topological polar surface area (TPSA) is 112 Å². The molecule has 10 heteroatoms. The summed E-state index contributed by atoms with van der Waals surface area (Å²) in [6.45, 7) is 2.05. The van der Waals surface area contributed by atoms with Gasteiger partial charge in [0.15, 0.2) is 16.6 Å². The van der Waals surface area contributed by atoms with Crippen LogP contribution in [0.4, 0.5) is 10.1 Å². The lowest BCUT2D eigenvalue weighted by Crippen LogP contribution is -2.11. The number of carbonyl (C=O) groups is 1. The number of aromatic nitrogens is 6. The van der Waals surface area contributed by atoms with Crippen molar-refractivity contribution in [3.8, 4) is 33.1 Å². The number of imidazole rings is 1. The Kier molecular flexibility index (Phi) is 5.93. The predicted molar refractivity (Wildman–Crippen MR) is 144 cm³/mol. The molecule has 0 saturated carbocycles. The largest absolute Gasteiger partial charge is 0.337 e. The molecule has 0 aliphatic heterocycles. The molecule has 184 valence electrons. The van der Waals surface area contributed by atoms with Crippen molar-refractivity contribution in [3.05, 3.63) is 66.2 Å². The van der Waals surface area contributed by atoms with Crippen molar-refractivity contribution in [3.63, 3.8) is 0 Å². The number of para-hydroxylation sites is 1. The lowest BCUT2D eigenvalue weighted by molar-refractivity contribution is -0.116. The molecule has 0 atom stereocenters. The molecule has 0 unspecified atom stereocenters. The molecule has 0 saturated heterocycles. The van der Waals surface area contributed by atoms with Gasteiger partial charge in [-0.15, -0.1) is 11.3 Å². The van der Waals surface area contributed by atoms with Gasteiger partial charge in [0.2, 0.25) is 5.91 Å². The van der Waals surface area contributed by atoms with Crippen LogP contribution in [-0.2, 0) is 4.79 Å². The number of nitrogens with zero attached hydrogens (tertiary/aromatic N) is 4. The van der Waals surface area contributed by atoms with Gasteiger partial charge in [0.05, 0.1) is 28.3 Å². The van der Waals surface area contributed by atoms with Crippen molar-refractivity contribution >= 4 is 45.0 Å². The number of carbonyl (C=O) groups excluding carboxylic acids is 1. The van der Waals surface area contributed by atoms with E-state index in [1.807, 2.05) is 30.3 Å². The molecule has 0 fully saturated rings. The molecule has 1 amide bonds. The highest BCUT2D eigenvalue weighted by Gasteiger charge is 2.17. The smallest absolute Gasteiger partial charge is 0.224 e. The molecule has 0 spiro atoms. The molecular weight excluding hydrogens is 489 g/mol. The predicted octanol–water partition coefficient (Wildman–Crippen LogP) is 6.56. The first-order valence-electron chi connectivity index (χ1n) is 11.9. The fourth-order valence-electron chi connectivity index (χ4n) is 4.27. The van der Waals surface area contributed by atoms with Crippen molar-refractivity contribution in [2.45, 2.75) is 26.2 Å². The molecule has 8 nitrogen and oxygen atoms in total. The molecular formula is C27H22FN7OS. The van der Waals surface area contributed by atoms with E-state index in [-0.39, 0.29) is 11.0 Å². The molecule has 6 aromatic rings. The van der Waals surface area contributed by atoms with E-state index in [0.29, 0.717) is 29.3 Å². The normalized spacial score (nSPS) is 11.4. The number of fused-ring (bicyclic) bond motifs is 2. The van der Waals surface area contributed by atoms with E-state index in [1.165, 1.54) is 6.07 Å². The number of rotatable bonds is 7. The average molecular weight is 512 g/mol. The lowest BCUT2D eigenvalue weighted by atomic mass is 10.1. The highest BCUT2D eigenvalue weighted by molar-refractivity contribution is 7.14. The second-order valence-corrected chi connectivity index (χ2v) is 9.73. The Hall–Kier alpha value is -4.44. The van der Waals surface area contributed by atoms with Crippen LogP contribution < -0.4 is 5.32 Å². The maximum Gasteiger partial charge on any atom is 0.224 e. The van der Waals surface area contributed by atoms with Crippen LogP contribution in [-0.4, -0.2) is 36.0 Å². The highest BCUT2D eigenvalue weighted by Crippen LogP contribution is 2.35. The second kappa shape index (κ2) is 9.55. The Labute approximate surface area is 215 Å². The molecule has 5 aromatic heterocycles. The number of pyridine rings is 2. The number of hydrogen-bond donors (Lipinski definition) is 3. The van der Waals surface area contributed by atoms with Crippen LogP contribution in [0.1, 0.15) is 26.2 Å². The van der Waals surface area contributed by atoms with E-state index in [0.717, 1.165) is 62.2 Å². The third-order valence-electron chi connectivity index (χ3n) is 6.10. The number of anilines is 1. The number of benzene rings is 1. The number of thiophene rings is 1. The van der Waals surface area contributed by atoms with Crippen molar-refractivity contribution in [1.29, 1.82) is 0 Å². The number of aromatic amines is 2. The third kappa shape index (κ3) is 4.47. The minimum atomic E-state index is -0.237. The number of hydrogen-bond acceptors (Lipinski definition) is 6. The molecule has 5 heterocycles. The quantitative estimate of drug-likeness (QED) is 0.225. The minimum absolute atomic E-state index is 0.0268. The lowest BCUT2D eigenvalue weighted by Gasteiger charge is -2.07. The van der Waals surface area contributed by atoms with Gasteiger partial charge in [0, 0.05) is 40.4 Å². The Morgan fingerprint density at radius 1 is 1.11 bits per heavy atom. The first-order valence-corrected chi connectivity index (χ1v) is 12.7. The van der Waals surface area contributed by atoms with Crippen LogP contribution in [0.2, 0.25) is 0 Å². The first kappa shape index (κ1) is 23.0. The number of nitrogens with one attached hydrogen (secondary N) is 3. The highest BCUT2D eigenvalue weighted by atomic mass is 32.1. The number of halogens is 1. The zero-order valence-electron chi connectivity index (χ0n) is 19.9. The number of amides is 1. The summed E-state index contributed by atoms with van der Waals surface area (Å²) in [5, 5.41) is 10.9. The Morgan fingerprint density at radius 3 is 2.84 bits per heavy atom. The van der Waals surface area contributed by atoms with Crippen molar-refractivity contribution in [1.82, 2.24) is 30.1 Å². The van der Waals surface area contributed by atoms with Gasteiger partial charge in [-0.2, -0.15) is 9.49 Å². The van der Waals surface area contributed by atoms with Crippen LogP contribution in [0.15, 0.2) is 61.1 Å². The zero-order valence-corrected chi connectivity index (χ0v) is 20.7. The molecule has 6 rings (SSSR count). The zero-order chi connectivity index (χ0) is 25.4. The van der Waals surface area contributed by atoms with Crippen LogP contribution in [0.5, 0.6) is 0 Å². The molecule has 0 radical (unpaired) electrons. The van der Waals surface area contributed by atoms with Crippen LogP contribution >= 0.6 is 11.3 Å². The Morgan fingerprint density at radius 2 is 2.00 bits per heavy atom. The van der Waals surface area contributed by atoms with Gasteiger partial charge in [-0.05, 0) is 36.8 Å². The molecule has 1 aromatic carbocycles. The van der Waals surface area contributed by atoms with Gasteiger partial charge in [-0.25, -0.2) is 9.97 Å². The molecule has 0 bridgehead atoms. The Bertz CT molecular complexity index is 1750. The van der Waals surface area contributed by atoms with Crippen molar-refractivity contribution in [2.75, 3.05) is 5.32 Å². The summed E-state index contributed by atoms with van der Waals surface area (Å²) in [7, 11) is 0. The summed E-state index contributed by atoms with van der Waals surface area (Å²) in [5.41, 5.74) is 5.97. The van der Waals surface area contributed by atoms with Crippen LogP contribution in [0.3, 0.4) is 0 Å². The summed E-state index contributed by atoms with van der Waals surface area (Å²) in [6, 6.07) is 12.9. The summed E-state index contributed by atoms with van der Waals surface area (Å²) in [4.78, 5) is 30.0. The van der Waals surface area contributed by atoms with E-state index in [9.17, 15) is 9.18 Å². The summed E-state index contributed by atoms with van der Waals surface area (Å²) >= 11 is 1.09. The van der Waals surface area contributed by atoms with Gasteiger partial charge < -0.3 is 10.3 Å². The first-order chi connectivity index (χ1) is 18.1. The van der Waals surface area contributed by atoms with Gasteiger partial charge >= 0.3 is 0 Å². The van der Waals surface area contributed by atoms with E-state index in [4.69, 9.17) is 4.98 Å².